The second kappa shape index (κ2) is 7.32. The lowest BCUT2D eigenvalue weighted by Gasteiger charge is -2.28. The van der Waals surface area contributed by atoms with Gasteiger partial charge >= 0.3 is 11.2 Å². The van der Waals surface area contributed by atoms with Gasteiger partial charge in [-0.3, -0.25) is 4.79 Å². The van der Waals surface area contributed by atoms with Crippen LogP contribution in [-0.4, -0.2) is 40.7 Å². The zero-order valence-corrected chi connectivity index (χ0v) is 13.0. The Morgan fingerprint density at radius 1 is 1.30 bits per heavy atom. The quantitative estimate of drug-likeness (QED) is 0.484. The van der Waals surface area contributed by atoms with Crippen LogP contribution in [0.1, 0.15) is 10.4 Å². The number of hydrazine groups is 1. The van der Waals surface area contributed by atoms with Crippen molar-refractivity contribution >= 4 is 52.8 Å². The van der Waals surface area contributed by atoms with Crippen molar-refractivity contribution in [1.82, 2.24) is 10.2 Å². The molecule has 0 N–H and O–H groups in total. The molecule has 1 rings (SSSR count). The monoisotopic (exact) mass is 334 g/mol. The second-order valence-corrected chi connectivity index (χ2v) is 4.60. The van der Waals surface area contributed by atoms with Gasteiger partial charge in [0.25, 0.3) is 5.17 Å². The Balaban J connectivity index is 2.85. The van der Waals surface area contributed by atoms with Crippen molar-refractivity contribution < 1.29 is 19.2 Å². The van der Waals surface area contributed by atoms with Crippen molar-refractivity contribution in [2.45, 2.75) is 0 Å². The minimum atomic E-state index is -0.839. The van der Waals surface area contributed by atoms with Gasteiger partial charge in [0.15, 0.2) is 0 Å². The Hall–Kier alpha value is -1.51. The number of amides is 1. The molecule has 0 unspecified atom stereocenters. The van der Waals surface area contributed by atoms with Crippen LogP contribution in [0.25, 0.3) is 0 Å². The minimum absolute atomic E-state index is 0.0729. The highest BCUT2D eigenvalue weighted by atomic mass is 35.5. The highest BCUT2D eigenvalue weighted by molar-refractivity contribution is 7.96. The van der Waals surface area contributed by atoms with E-state index in [1.54, 1.807) is 0 Å². The van der Waals surface area contributed by atoms with E-state index in [9.17, 15) is 9.59 Å². The number of carbonyl (C=O) groups excluding carboxylic acids is 2. The summed E-state index contributed by atoms with van der Waals surface area (Å²) in [5, 5.41) is 1.16. The first kappa shape index (κ1) is 16.5. The molecule has 6 nitrogen and oxygen atoms in total. The van der Waals surface area contributed by atoms with Gasteiger partial charge in [-0.05, 0) is 36.5 Å². The molecule has 0 bridgehead atoms. The Morgan fingerprint density at radius 3 is 2.30 bits per heavy atom. The third kappa shape index (κ3) is 4.26. The van der Waals surface area contributed by atoms with Crippen LogP contribution < -0.4 is 0 Å². The minimum Gasteiger partial charge on any atom is -0.473 e. The summed E-state index contributed by atoms with van der Waals surface area (Å²) in [7, 11) is 2.70. The van der Waals surface area contributed by atoms with Crippen molar-refractivity contribution in [2.75, 3.05) is 14.2 Å². The van der Waals surface area contributed by atoms with Crippen molar-refractivity contribution in [3.05, 3.63) is 34.9 Å². The number of nitrogens with zero attached hydrogens (tertiary/aromatic N) is 2. The van der Waals surface area contributed by atoms with Gasteiger partial charge in [0.1, 0.15) is 0 Å². The van der Waals surface area contributed by atoms with Crippen molar-refractivity contribution in [2.24, 2.45) is 0 Å². The van der Waals surface area contributed by atoms with Crippen LogP contribution >= 0.6 is 36.4 Å². The zero-order chi connectivity index (χ0) is 15.3. The van der Waals surface area contributed by atoms with Crippen LogP contribution in [-0.2, 0) is 9.57 Å². The number of methoxy groups -OCH3 is 1. The lowest BCUT2D eigenvalue weighted by Crippen LogP contribution is -2.46. The summed E-state index contributed by atoms with van der Waals surface area (Å²) in [5.41, 5.74) is 0.214. The molecular formula is C11H11ClN2O4S2. The number of hydrogen-bond donors (Lipinski definition) is 1. The highest BCUT2D eigenvalue weighted by Gasteiger charge is 2.24. The van der Waals surface area contributed by atoms with Gasteiger partial charge in [0, 0.05) is 12.1 Å². The summed E-state index contributed by atoms with van der Waals surface area (Å²) < 4.78 is 4.77. The molecule has 20 heavy (non-hydrogen) atoms. The average Bonchev–Trinajstić information content (AvgIpc) is 2.43. The first-order valence-corrected chi connectivity index (χ1v) is 6.42. The summed E-state index contributed by atoms with van der Waals surface area (Å²) in [6.45, 7) is 0. The van der Waals surface area contributed by atoms with Crippen molar-refractivity contribution in [3.8, 4) is 0 Å². The molecule has 9 heteroatoms. The summed E-state index contributed by atoms with van der Waals surface area (Å²) in [6.07, 6.45) is 0. The fourth-order valence-corrected chi connectivity index (χ4v) is 1.53. The largest absolute Gasteiger partial charge is 0.473 e. The van der Waals surface area contributed by atoms with Gasteiger partial charge in [0.2, 0.25) is 0 Å². The number of benzene rings is 1. The Morgan fingerprint density at radius 2 is 1.85 bits per heavy atom. The third-order valence-electron chi connectivity index (χ3n) is 2.12. The van der Waals surface area contributed by atoms with E-state index in [1.807, 2.05) is 0 Å². The number of hydroxylamine groups is 1. The molecule has 108 valence electrons. The average molecular weight is 335 g/mol. The van der Waals surface area contributed by atoms with E-state index in [1.165, 1.54) is 38.4 Å². The summed E-state index contributed by atoms with van der Waals surface area (Å²) in [4.78, 5) is 28.2. The van der Waals surface area contributed by atoms with Gasteiger partial charge in [-0.2, -0.15) is 0 Å². The summed E-state index contributed by atoms with van der Waals surface area (Å²) in [5.74, 6) is -0.769. The number of carbonyl (C=O) groups is 2. The van der Waals surface area contributed by atoms with Crippen LogP contribution in [0.3, 0.4) is 0 Å². The van der Waals surface area contributed by atoms with Crippen LogP contribution in [0.5, 0.6) is 0 Å². The normalized spacial score (nSPS) is 9.60. The molecule has 0 saturated carbocycles. The molecule has 1 aromatic carbocycles. The van der Waals surface area contributed by atoms with Gasteiger partial charge in [-0.15, -0.1) is 0 Å². The van der Waals surface area contributed by atoms with E-state index in [4.69, 9.17) is 33.4 Å². The van der Waals surface area contributed by atoms with E-state index in [-0.39, 0.29) is 10.7 Å². The predicted molar refractivity (Wildman–Crippen MR) is 80.5 cm³/mol. The molecule has 0 spiro atoms. The second-order valence-electron chi connectivity index (χ2n) is 3.43. The van der Waals surface area contributed by atoms with Gasteiger partial charge in [-0.1, -0.05) is 29.4 Å². The Labute approximate surface area is 131 Å². The lowest BCUT2D eigenvalue weighted by molar-refractivity contribution is -0.157. The molecule has 0 aromatic heterocycles. The van der Waals surface area contributed by atoms with Crippen LogP contribution in [0, 0.1) is 0 Å². The molecule has 0 aliphatic heterocycles. The molecule has 0 aliphatic carbocycles. The summed E-state index contributed by atoms with van der Waals surface area (Å²) in [6, 6.07) is 5.96. The molecule has 0 fully saturated rings. The van der Waals surface area contributed by atoms with Crippen LogP contribution in [0.2, 0.25) is 5.02 Å². The van der Waals surface area contributed by atoms with E-state index in [2.05, 4.69) is 12.6 Å². The number of thiocarbonyl (C=S) groups is 1. The van der Waals surface area contributed by atoms with Crippen molar-refractivity contribution in [3.63, 3.8) is 0 Å². The van der Waals surface area contributed by atoms with Gasteiger partial charge in [0.05, 0.1) is 12.7 Å². The van der Waals surface area contributed by atoms with Gasteiger partial charge < -0.3 is 9.57 Å². The topological polar surface area (TPSA) is 59.1 Å². The van der Waals surface area contributed by atoms with Crippen LogP contribution in [0.15, 0.2) is 24.3 Å². The highest BCUT2D eigenvalue weighted by Crippen LogP contribution is 2.12. The fourth-order valence-electron chi connectivity index (χ4n) is 1.15. The van der Waals surface area contributed by atoms with Crippen LogP contribution in [0.4, 0.5) is 4.79 Å². The molecular weight excluding hydrogens is 324 g/mol. The SMILES string of the molecule is COC(=S)N(C)N(OC(=O)c1ccc(Cl)cc1)C(=O)S. The maximum Gasteiger partial charge on any atom is 0.365 e. The summed E-state index contributed by atoms with van der Waals surface area (Å²) >= 11 is 14.1. The number of halogens is 1. The van der Waals surface area contributed by atoms with Crippen molar-refractivity contribution in [1.29, 1.82) is 0 Å². The molecule has 1 amide bonds. The molecule has 0 radical (unpaired) electrons. The Bertz CT molecular complexity index is 524. The number of ether oxygens (including phenoxy) is 1. The molecule has 0 heterocycles. The fraction of sp³-hybridized carbons (Fsp3) is 0.182. The predicted octanol–water partition coefficient (Wildman–Crippen LogP) is 2.54. The smallest absolute Gasteiger partial charge is 0.365 e. The molecule has 0 saturated heterocycles. The maximum atomic E-state index is 11.9. The molecule has 0 aliphatic rings. The van der Waals surface area contributed by atoms with Gasteiger partial charge in [-0.25, -0.2) is 9.80 Å². The number of hydrogen-bond acceptors (Lipinski definition) is 5. The zero-order valence-electron chi connectivity index (χ0n) is 10.6. The molecule has 0 atom stereocenters. The Kier molecular flexibility index (Phi) is 6.05. The van der Waals surface area contributed by atoms with E-state index in [0.29, 0.717) is 10.2 Å². The third-order valence-corrected chi connectivity index (χ3v) is 2.98. The van der Waals surface area contributed by atoms with E-state index < -0.39 is 11.2 Å². The number of rotatable bonds is 1. The lowest BCUT2D eigenvalue weighted by atomic mass is 10.2. The van der Waals surface area contributed by atoms with E-state index in [0.717, 1.165) is 5.01 Å². The standard InChI is InChI=1S/C11H11ClN2O4S2/c1-13(11(20)17-2)14(10(16)19)18-9(15)7-3-5-8(12)6-4-7/h3-6H,1-2H3,(H,16,19). The first-order chi connectivity index (χ1) is 9.36. The number of thiol groups is 1. The molecule has 1 aromatic rings. The first-order valence-electron chi connectivity index (χ1n) is 5.19. The maximum absolute atomic E-state index is 11.9. The van der Waals surface area contributed by atoms with E-state index >= 15 is 0 Å².